The Morgan fingerprint density at radius 2 is 1.73 bits per heavy atom. The zero-order chi connectivity index (χ0) is 18.5. The maximum Gasteiger partial charge on any atom is 0.225 e. The van der Waals surface area contributed by atoms with Crippen molar-refractivity contribution in [3.05, 3.63) is 53.3 Å². The Bertz CT molecular complexity index is 719. The Morgan fingerprint density at radius 3 is 2.35 bits per heavy atom. The molecule has 0 radical (unpaired) electrons. The number of rotatable bonds is 5. The van der Waals surface area contributed by atoms with Crippen LogP contribution in [0.2, 0.25) is 0 Å². The van der Waals surface area contributed by atoms with Crippen molar-refractivity contribution < 1.29 is 4.79 Å². The number of piperidine rings is 1. The van der Waals surface area contributed by atoms with E-state index in [2.05, 4.69) is 27.0 Å². The van der Waals surface area contributed by atoms with Crippen LogP contribution in [0.4, 0.5) is 5.95 Å². The van der Waals surface area contributed by atoms with E-state index < -0.39 is 0 Å². The third-order valence-corrected chi connectivity index (χ3v) is 5.05. The van der Waals surface area contributed by atoms with Crippen molar-refractivity contribution in [3.63, 3.8) is 0 Å². The summed E-state index contributed by atoms with van der Waals surface area (Å²) in [4.78, 5) is 25.9. The zero-order valence-electron chi connectivity index (χ0n) is 16.0. The number of hydrogen-bond donors (Lipinski definition) is 0. The average molecular weight is 352 g/mol. The number of carbonyl (C=O) groups is 1. The van der Waals surface area contributed by atoms with E-state index in [-0.39, 0.29) is 11.8 Å². The molecule has 5 heteroatoms. The average Bonchev–Trinajstić information content (AvgIpc) is 2.65. The van der Waals surface area contributed by atoms with Gasteiger partial charge >= 0.3 is 0 Å². The predicted octanol–water partition coefficient (Wildman–Crippen LogP) is 3.01. The van der Waals surface area contributed by atoms with Gasteiger partial charge in [-0.1, -0.05) is 30.3 Å². The summed E-state index contributed by atoms with van der Waals surface area (Å²) in [6.45, 7) is 6.44. The number of hydrogen-bond acceptors (Lipinski definition) is 4. The first-order valence-electron chi connectivity index (χ1n) is 9.39. The molecule has 26 heavy (non-hydrogen) atoms. The summed E-state index contributed by atoms with van der Waals surface area (Å²) in [5.74, 6) is 1.17. The van der Waals surface area contributed by atoms with Crippen molar-refractivity contribution >= 4 is 11.9 Å². The highest BCUT2D eigenvalue weighted by Crippen LogP contribution is 2.22. The second-order valence-corrected chi connectivity index (χ2v) is 7.21. The number of nitrogens with zero attached hydrogens (tertiary/aromatic N) is 4. The summed E-state index contributed by atoms with van der Waals surface area (Å²) in [5, 5.41) is 0. The van der Waals surface area contributed by atoms with Gasteiger partial charge in [0.15, 0.2) is 0 Å². The minimum absolute atomic E-state index is 0.109. The van der Waals surface area contributed by atoms with Crippen molar-refractivity contribution in [1.82, 2.24) is 14.9 Å². The summed E-state index contributed by atoms with van der Waals surface area (Å²) < 4.78 is 0. The first-order valence-corrected chi connectivity index (χ1v) is 9.39. The molecule has 0 unspecified atom stereocenters. The molecule has 0 spiro atoms. The maximum atomic E-state index is 12.7. The zero-order valence-corrected chi connectivity index (χ0v) is 16.0. The molecule has 2 heterocycles. The predicted molar refractivity (Wildman–Crippen MR) is 104 cm³/mol. The molecular formula is C21H28N4O. The van der Waals surface area contributed by atoms with Crippen LogP contribution in [0.25, 0.3) is 0 Å². The number of aryl methyl sites for hydroxylation is 2. The summed E-state index contributed by atoms with van der Waals surface area (Å²) in [7, 11) is 1.92. The summed E-state index contributed by atoms with van der Waals surface area (Å²) in [5.41, 5.74) is 3.26. The van der Waals surface area contributed by atoms with E-state index in [1.807, 2.05) is 50.1 Å². The first-order chi connectivity index (χ1) is 12.5. The Hall–Kier alpha value is -2.43. The van der Waals surface area contributed by atoms with Gasteiger partial charge in [-0.05, 0) is 44.7 Å². The van der Waals surface area contributed by atoms with Crippen LogP contribution in [0.1, 0.15) is 29.8 Å². The van der Waals surface area contributed by atoms with Crippen molar-refractivity contribution in [2.24, 2.45) is 5.92 Å². The second-order valence-electron chi connectivity index (χ2n) is 7.21. The molecule has 1 saturated heterocycles. The van der Waals surface area contributed by atoms with Crippen LogP contribution < -0.4 is 4.90 Å². The van der Waals surface area contributed by atoms with Crippen LogP contribution in [-0.4, -0.2) is 47.5 Å². The molecule has 1 amide bonds. The van der Waals surface area contributed by atoms with Crippen molar-refractivity contribution in [2.75, 3.05) is 31.6 Å². The number of carbonyl (C=O) groups excluding carboxylic acids is 1. The van der Waals surface area contributed by atoms with Gasteiger partial charge in [-0.25, -0.2) is 9.97 Å². The lowest BCUT2D eigenvalue weighted by Crippen LogP contribution is -2.42. The Labute approximate surface area is 156 Å². The fourth-order valence-corrected chi connectivity index (χ4v) is 3.54. The van der Waals surface area contributed by atoms with E-state index in [0.29, 0.717) is 0 Å². The van der Waals surface area contributed by atoms with E-state index in [9.17, 15) is 4.79 Å². The van der Waals surface area contributed by atoms with E-state index in [1.165, 1.54) is 5.56 Å². The van der Waals surface area contributed by atoms with Crippen LogP contribution in [-0.2, 0) is 11.2 Å². The van der Waals surface area contributed by atoms with Crippen LogP contribution in [0, 0.1) is 19.8 Å². The first kappa shape index (κ1) is 18.4. The van der Waals surface area contributed by atoms with Gasteiger partial charge in [-0.2, -0.15) is 0 Å². The molecule has 0 atom stereocenters. The number of anilines is 1. The summed E-state index contributed by atoms with van der Waals surface area (Å²) >= 11 is 0. The van der Waals surface area contributed by atoms with Crippen LogP contribution in [0.15, 0.2) is 36.4 Å². The van der Waals surface area contributed by atoms with Gasteiger partial charge in [-0.3, -0.25) is 4.79 Å². The van der Waals surface area contributed by atoms with Gasteiger partial charge in [0.25, 0.3) is 0 Å². The number of aromatic nitrogens is 2. The topological polar surface area (TPSA) is 49.3 Å². The number of benzene rings is 1. The van der Waals surface area contributed by atoms with Gasteiger partial charge in [0.1, 0.15) is 0 Å². The molecular weight excluding hydrogens is 324 g/mol. The van der Waals surface area contributed by atoms with E-state index >= 15 is 0 Å². The van der Waals surface area contributed by atoms with E-state index in [4.69, 9.17) is 0 Å². The molecule has 1 fully saturated rings. The van der Waals surface area contributed by atoms with E-state index in [0.717, 1.165) is 56.2 Å². The van der Waals surface area contributed by atoms with Gasteiger partial charge in [0.2, 0.25) is 11.9 Å². The van der Waals surface area contributed by atoms with Crippen LogP contribution in [0.3, 0.4) is 0 Å². The van der Waals surface area contributed by atoms with Crippen molar-refractivity contribution in [2.45, 2.75) is 33.1 Å². The smallest absolute Gasteiger partial charge is 0.225 e. The second kappa shape index (κ2) is 8.30. The van der Waals surface area contributed by atoms with Crippen LogP contribution >= 0.6 is 0 Å². The standard InChI is InChI=1S/C21H28N4O/c1-16-15-17(2)23-21(22-16)25-13-10-19(11-14-25)20(26)24(3)12-9-18-7-5-4-6-8-18/h4-8,15,19H,9-14H2,1-3H3. The maximum absolute atomic E-state index is 12.7. The highest BCUT2D eigenvalue weighted by molar-refractivity contribution is 5.78. The van der Waals surface area contributed by atoms with Gasteiger partial charge in [-0.15, -0.1) is 0 Å². The Kier molecular flexibility index (Phi) is 5.86. The molecule has 0 bridgehead atoms. The fourth-order valence-electron chi connectivity index (χ4n) is 3.54. The molecule has 0 N–H and O–H groups in total. The molecule has 1 aliphatic heterocycles. The van der Waals surface area contributed by atoms with E-state index in [1.54, 1.807) is 0 Å². The molecule has 1 aromatic carbocycles. The fraction of sp³-hybridized carbons (Fsp3) is 0.476. The largest absolute Gasteiger partial charge is 0.345 e. The minimum Gasteiger partial charge on any atom is -0.345 e. The number of amides is 1. The normalized spacial score (nSPS) is 15.1. The third-order valence-electron chi connectivity index (χ3n) is 5.05. The molecule has 0 aliphatic carbocycles. The Balaban J connectivity index is 1.51. The van der Waals surface area contributed by atoms with Crippen molar-refractivity contribution in [3.8, 4) is 0 Å². The molecule has 5 nitrogen and oxygen atoms in total. The lowest BCUT2D eigenvalue weighted by molar-refractivity contribution is -0.134. The third kappa shape index (κ3) is 4.59. The molecule has 3 rings (SSSR count). The Morgan fingerprint density at radius 1 is 1.12 bits per heavy atom. The van der Waals surface area contributed by atoms with Crippen molar-refractivity contribution in [1.29, 1.82) is 0 Å². The number of likely N-dealkylation sites (N-methyl/N-ethyl adjacent to an activating group) is 1. The molecule has 0 saturated carbocycles. The highest BCUT2D eigenvalue weighted by Gasteiger charge is 2.28. The van der Waals surface area contributed by atoms with Crippen LogP contribution in [0.5, 0.6) is 0 Å². The quantitative estimate of drug-likeness (QED) is 0.830. The molecule has 1 aliphatic rings. The SMILES string of the molecule is Cc1cc(C)nc(N2CCC(C(=O)N(C)CCc3ccccc3)CC2)n1. The molecule has 1 aromatic heterocycles. The molecule has 2 aromatic rings. The highest BCUT2D eigenvalue weighted by atomic mass is 16.2. The minimum atomic E-state index is 0.109. The monoisotopic (exact) mass is 352 g/mol. The lowest BCUT2D eigenvalue weighted by Gasteiger charge is -2.33. The van der Waals surface area contributed by atoms with Gasteiger partial charge < -0.3 is 9.80 Å². The molecule has 138 valence electrons. The van der Waals surface area contributed by atoms with Gasteiger partial charge in [0, 0.05) is 44.0 Å². The lowest BCUT2D eigenvalue weighted by atomic mass is 9.95. The van der Waals surface area contributed by atoms with Gasteiger partial charge in [0.05, 0.1) is 0 Å². The summed E-state index contributed by atoms with van der Waals surface area (Å²) in [6, 6.07) is 12.3. The summed E-state index contributed by atoms with van der Waals surface area (Å²) in [6.07, 6.45) is 2.63.